The highest BCUT2D eigenvalue weighted by Crippen LogP contribution is 2.25. The van der Waals surface area contributed by atoms with Crippen LogP contribution in [0.4, 0.5) is 18.9 Å². The van der Waals surface area contributed by atoms with Gasteiger partial charge in [-0.3, -0.25) is 20.2 Å². The van der Waals surface area contributed by atoms with Gasteiger partial charge in [0.05, 0.1) is 4.92 Å². The molecule has 1 N–H and O–H groups in total. The first-order chi connectivity index (χ1) is 8.97. The van der Waals surface area contributed by atoms with Crippen LogP contribution in [0.15, 0.2) is 24.4 Å². The predicted molar refractivity (Wildman–Crippen MR) is 63.1 cm³/mol. The molecular formula is C10H5F2N3O3S. The number of nitro groups is 1. The molecule has 0 unspecified atom stereocenters. The minimum atomic E-state index is -1.15. The number of nitrogens with zero attached hydrogens (tertiary/aromatic N) is 2. The maximum absolute atomic E-state index is 12.9. The van der Waals surface area contributed by atoms with Crippen molar-refractivity contribution >= 4 is 27.4 Å². The molecule has 0 bridgehead atoms. The first kappa shape index (κ1) is 13.0. The standard InChI is InChI=1S/C10H5F2N3O3S/c11-6-2-1-5(3-7(6)12)9(16)14-10-13-4-8(19-10)15(17)18/h1-4H,(H,13,14,16). The van der Waals surface area contributed by atoms with Gasteiger partial charge in [0.15, 0.2) is 16.8 Å². The molecular weight excluding hydrogens is 280 g/mol. The molecule has 98 valence electrons. The van der Waals surface area contributed by atoms with Crippen LogP contribution in [0.1, 0.15) is 10.4 Å². The van der Waals surface area contributed by atoms with Crippen molar-refractivity contribution in [2.75, 3.05) is 5.32 Å². The Hall–Kier alpha value is -2.42. The minimum Gasteiger partial charge on any atom is -0.298 e. The summed E-state index contributed by atoms with van der Waals surface area (Å²) in [5.74, 6) is -2.96. The average molecular weight is 285 g/mol. The molecule has 0 aliphatic carbocycles. The van der Waals surface area contributed by atoms with E-state index in [1.807, 2.05) is 0 Å². The Morgan fingerprint density at radius 1 is 1.37 bits per heavy atom. The van der Waals surface area contributed by atoms with Gasteiger partial charge in [0.2, 0.25) is 0 Å². The Morgan fingerprint density at radius 2 is 2.11 bits per heavy atom. The van der Waals surface area contributed by atoms with Crippen LogP contribution in [-0.4, -0.2) is 15.8 Å². The van der Waals surface area contributed by atoms with Gasteiger partial charge in [0.1, 0.15) is 6.20 Å². The number of carbonyl (C=O) groups excluding carboxylic acids is 1. The van der Waals surface area contributed by atoms with Crippen molar-refractivity contribution in [3.05, 3.63) is 51.7 Å². The largest absolute Gasteiger partial charge is 0.345 e. The average Bonchev–Trinajstić information content (AvgIpc) is 2.81. The first-order valence-corrected chi connectivity index (χ1v) is 5.65. The van der Waals surface area contributed by atoms with E-state index in [1.165, 1.54) is 0 Å². The number of nitrogens with one attached hydrogen (secondary N) is 1. The van der Waals surface area contributed by atoms with Crippen molar-refractivity contribution < 1.29 is 18.5 Å². The molecule has 2 aromatic rings. The third-order valence-electron chi connectivity index (χ3n) is 2.08. The number of hydrogen-bond acceptors (Lipinski definition) is 5. The van der Waals surface area contributed by atoms with E-state index in [2.05, 4.69) is 10.3 Å². The number of hydrogen-bond donors (Lipinski definition) is 1. The molecule has 19 heavy (non-hydrogen) atoms. The van der Waals surface area contributed by atoms with E-state index in [9.17, 15) is 23.7 Å². The highest BCUT2D eigenvalue weighted by molar-refractivity contribution is 7.18. The SMILES string of the molecule is O=C(Nc1ncc([N+](=O)[O-])s1)c1ccc(F)c(F)c1. The van der Waals surface area contributed by atoms with Crippen molar-refractivity contribution in [3.8, 4) is 0 Å². The van der Waals surface area contributed by atoms with Crippen molar-refractivity contribution in [1.29, 1.82) is 0 Å². The molecule has 0 saturated heterocycles. The van der Waals surface area contributed by atoms with E-state index >= 15 is 0 Å². The van der Waals surface area contributed by atoms with Crippen molar-refractivity contribution in [2.45, 2.75) is 0 Å². The summed E-state index contributed by atoms with van der Waals surface area (Å²) in [5, 5.41) is 12.4. The van der Waals surface area contributed by atoms with Crippen LogP contribution >= 0.6 is 11.3 Å². The molecule has 0 spiro atoms. The van der Waals surface area contributed by atoms with Crippen molar-refractivity contribution in [3.63, 3.8) is 0 Å². The topological polar surface area (TPSA) is 85.1 Å². The van der Waals surface area contributed by atoms with E-state index in [0.717, 1.165) is 24.4 Å². The monoisotopic (exact) mass is 285 g/mol. The van der Waals surface area contributed by atoms with E-state index in [4.69, 9.17) is 0 Å². The Bertz CT molecular complexity index is 659. The van der Waals surface area contributed by atoms with Crippen LogP contribution in [0.25, 0.3) is 0 Å². The first-order valence-electron chi connectivity index (χ1n) is 4.84. The number of aromatic nitrogens is 1. The molecule has 0 aliphatic rings. The summed E-state index contributed by atoms with van der Waals surface area (Å²) in [6.07, 6.45) is 0.992. The van der Waals surface area contributed by atoms with Crippen molar-refractivity contribution in [1.82, 2.24) is 4.98 Å². The van der Waals surface area contributed by atoms with Crippen LogP contribution in [0.2, 0.25) is 0 Å². The van der Waals surface area contributed by atoms with Crippen LogP contribution in [0.3, 0.4) is 0 Å². The minimum absolute atomic E-state index is 0.00133. The number of carbonyl (C=O) groups is 1. The molecule has 0 fully saturated rings. The number of thiazole rings is 1. The summed E-state index contributed by atoms with van der Waals surface area (Å²) in [7, 11) is 0. The van der Waals surface area contributed by atoms with E-state index in [-0.39, 0.29) is 15.7 Å². The van der Waals surface area contributed by atoms with E-state index < -0.39 is 22.5 Å². The highest BCUT2D eigenvalue weighted by atomic mass is 32.1. The number of benzene rings is 1. The number of anilines is 1. The lowest BCUT2D eigenvalue weighted by Crippen LogP contribution is -2.12. The fraction of sp³-hybridized carbons (Fsp3) is 0. The molecule has 0 saturated carbocycles. The van der Waals surface area contributed by atoms with Gasteiger partial charge in [0, 0.05) is 5.56 Å². The zero-order chi connectivity index (χ0) is 14.0. The van der Waals surface area contributed by atoms with Gasteiger partial charge in [-0.2, -0.15) is 0 Å². The Balaban J connectivity index is 2.15. The number of halogens is 2. The molecule has 2 rings (SSSR count). The summed E-state index contributed by atoms with van der Waals surface area (Å²) in [6, 6.07) is 2.64. The van der Waals surface area contributed by atoms with Gasteiger partial charge in [0.25, 0.3) is 5.91 Å². The lowest BCUT2D eigenvalue weighted by atomic mass is 10.2. The fourth-order valence-corrected chi connectivity index (χ4v) is 1.84. The molecule has 9 heteroatoms. The van der Waals surface area contributed by atoms with Crippen LogP contribution in [0.5, 0.6) is 0 Å². The molecule has 6 nitrogen and oxygen atoms in total. The quantitative estimate of drug-likeness (QED) is 0.693. The normalized spacial score (nSPS) is 10.2. The summed E-state index contributed by atoms with van der Waals surface area (Å²) in [6.45, 7) is 0. The van der Waals surface area contributed by atoms with Crippen LogP contribution < -0.4 is 5.32 Å². The fourth-order valence-electron chi connectivity index (χ4n) is 1.21. The third kappa shape index (κ3) is 2.88. The zero-order valence-corrected chi connectivity index (χ0v) is 9.91. The molecule has 0 aliphatic heterocycles. The smallest absolute Gasteiger partial charge is 0.298 e. The zero-order valence-electron chi connectivity index (χ0n) is 9.09. The summed E-state index contributed by atoms with van der Waals surface area (Å²) < 4.78 is 25.6. The molecule has 1 heterocycles. The summed E-state index contributed by atoms with van der Waals surface area (Å²) in [4.78, 5) is 25.0. The maximum Gasteiger partial charge on any atom is 0.345 e. The molecule has 0 radical (unpaired) electrons. The van der Waals surface area contributed by atoms with Gasteiger partial charge >= 0.3 is 5.00 Å². The lowest BCUT2D eigenvalue weighted by molar-refractivity contribution is -0.380. The second kappa shape index (κ2) is 5.06. The van der Waals surface area contributed by atoms with Crippen molar-refractivity contribution in [2.24, 2.45) is 0 Å². The summed E-state index contributed by atoms with van der Waals surface area (Å²) in [5.41, 5.74) is -0.114. The molecule has 1 aromatic heterocycles. The van der Waals surface area contributed by atoms with E-state index in [0.29, 0.717) is 11.3 Å². The van der Waals surface area contributed by atoms with Gasteiger partial charge in [-0.05, 0) is 29.5 Å². The van der Waals surface area contributed by atoms with Crippen LogP contribution in [-0.2, 0) is 0 Å². The molecule has 1 amide bonds. The second-order valence-electron chi connectivity index (χ2n) is 3.34. The molecule has 1 aromatic carbocycles. The highest BCUT2D eigenvalue weighted by Gasteiger charge is 2.15. The Kier molecular flexibility index (Phi) is 3.47. The Morgan fingerprint density at radius 3 is 2.68 bits per heavy atom. The number of amides is 1. The summed E-state index contributed by atoms with van der Waals surface area (Å²) >= 11 is 0.661. The second-order valence-corrected chi connectivity index (χ2v) is 4.35. The van der Waals surface area contributed by atoms with Crippen LogP contribution in [0, 0.1) is 21.7 Å². The Labute approximate surface area is 108 Å². The van der Waals surface area contributed by atoms with Gasteiger partial charge in [-0.25, -0.2) is 13.8 Å². The predicted octanol–water partition coefficient (Wildman–Crippen LogP) is 2.58. The molecule has 0 atom stereocenters. The number of rotatable bonds is 3. The van der Waals surface area contributed by atoms with Gasteiger partial charge in [-0.15, -0.1) is 0 Å². The lowest BCUT2D eigenvalue weighted by Gasteiger charge is -2.01. The van der Waals surface area contributed by atoms with Gasteiger partial charge < -0.3 is 0 Å². The van der Waals surface area contributed by atoms with E-state index in [1.54, 1.807) is 0 Å². The third-order valence-corrected chi connectivity index (χ3v) is 2.94. The van der Waals surface area contributed by atoms with Gasteiger partial charge in [-0.1, -0.05) is 0 Å². The maximum atomic E-state index is 12.9.